The van der Waals surface area contributed by atoms with E-state index in [1.165, 1.54) is 31.2 Å². The number of aryl methyl sites for hydroxylation is 2. The Bertz CT molecular complexity index is 852. The summed E-state index contributed by atoms with van der Waals surface area (Å²) in [6.45, 7) is 7.14. The van der Waals surface area contributed by atoms with E-state index in [-0.39, 0.29) is 0 Å². The summed E-state index contributed by atoms with van der Waals surface area (Å²) in [5.41, 5.74) is 3.18. The number of hydrogen-bond acceptors (Lipinski definition) is 5. The summed E-state index contributed by atoms with van der Waals surface area (Å²) in [5.74, 6) is 2.63. The van der Waals surface area contributed by atoms with E-state index in [1.807, 2.05) is 17.9 Å². The summed E-state index contributed by atoms with van der Waals surface area (Å²) in [6, 6.07) is 10.2. The Morgan fingerprint density at radius 3 is 2.43 bits per heavy atom. The van der Waals surface area contributed by atoms with Gasteiger partial charge < -0.3 is 15.1 Å². The summed E-state index contributed by atoms with van der Waals surface area (Å²) in [4.78, 5) is 26.2. The second-order valence-corrected chi connectivity index (χ2v) is 8.74. The largest absolute Gasteiger partial charge is 0.340 e. The molecule has 0 bridgehead atoms. The van der Waals surface area contributed by atoms with Crippen LogP contribution in [0.4, 0.5) is 17.5 Å². The van der Waals surface area contributed by atoms with Gasteiger partial charge in [-0.2, -0.15) is 4.98 Å². The molecule has 1 aromatic carbocycles. The summed E-state index contributed by atoms with van der Waals surface area (Å²) in [5, 5.41) is 3.38. The highest BCUT2D eigenvalue weighted by atomic mass is 16.2. The highest BCUT2D eigenvalue weighted by Crippen LogP contribution is 2.29. The minimum absolute atomic E-state index is 0.313. The minimum atomic E-state index is 0.313. The van der Waals surface area contributed by atoms with Crippen molar-refractivity contribution in [3.63, 3.8) is 0 Å². The SMILES string of the molecule is Cc1ccc(Nc2cc(C)nc(N3CCN(C(=O)CCC4CCCC4)CC3)n2)cc1. The molecule has 1 aliphatic carbocycles. The summed E-state index contributed by atoms with van der Waals surface area (Å²) in [6.07, 6.45) is 7.07. The van der Waals surface area contributed by atoms with Crippen LogP contribution in [0.2, 0.25) is 0 Å². The van der Waals surface area contributed by atoms with Gasteiger partial charge in [-0.25, -0.2) is 4.98 Å². The highest BCUT2D eigenvalue weighted by Gasteiger charge is 2.24. The molecule has 6 nitrogen and oxygen atoms in total. The third-order valence-corrected chi connectivity index (χ3v) is 6.32. The molecule has 1 amide bonds. The van der Waals surface area contributed by atoms with E-state index in [2.05, 4.69) is 46.4 Å². The van der Waals surface area contributed by atoms with Crippen LogP contribution in [0.1, 0.15) is 49.8 Å². The van der Waals surface area contributed by atoms with Crippen molar-refractivity contribution >= 4 is 23.4 Å². The number of hydrogen-bond donors (Lipinski definition) is 1. The quantitative estimate of drug-likeness (QED) is 0.766. The topological polar surface area (TPSA) is 61.4 Å². The van der Waals surface area contributed by atoms with Crippen LogP contribution >= 0.6 is 0 Å². The zero-order valence-electron chi connectivity index (χ0n) is 18.2. The number of nitrogens with zero attached hydrogens (tertiary/aromatic N) is 4. The van der Waals surface area contributed by atoms with Crippen LogP contribution in [0.5, 0.6) is 0 Å². The Morgan fingerprint density at radius 1 is 1.03 bits per heavy atom. The lowest BCUT2D eigenvalue weighted by molar-refractivity contribution is -0.131. The number of benzene rings is 1. The maximum atomic E-state index is 12.6. The zero-order valence-corrected chi connectivity index (χ0v) is 18.2. The molecule has 0 radical (unpaired) electrons. The third kappa shape index (κ3) is 5.29. The van der Waals surface area contributed by atoms with Crippen molar-refractivity contribution in [2.45, 2.75) is 52.4 Å². The maximum absolute atomic E-state index is 12.6. The van der Waals surface area contributed by atoms with Gasteiger partial charge in [0, 0.05) is 50.0 Å². The molecule has 1 N–H and O–H groups in total. The summed E-state index contributed by atoms with van der Waals surface area (Å²) >= 11 is 0. The normalized spacial score (nSPS) is 17.4. The van der Waals surface area contributed by atoms with E-state index in [1.54, 1.807) is 0 Å². The van der Waals surface area contributed by atoms with Gasteiger partial charge in [-0.15, -0.1) is 0 Å². The van der Waals surface area contributed by atoms with Gasteiger partial charge in [0.15, 0.2) is 0 Å². The lowest BCUT2D eigenvalue weighted by Crippen LogP contribution is -2.49. The fourth-order valence-corrected chi connectivity index (χ4v) is 4.48. The molecule has 30 heavy (non-hydrogen) atoms. The Balaban J connectivity index is 1.33. The van der Waals surface area contributed by atoms with E-state index >= 15 is 0 Å². The molecule has 1 saturated heterocycles. The zero-order chi connectivity index (χ0) is 20.9. The Labute approximate surface area is 179 Å². The maximum Gasteiger partial charge on any atom is 0.227 e. The lowest BCUT2D eigenvalue weighted by Gasteiger charge is -2.35. The van der Waals surface area contributed by atoms with Crippen LogP contribution in [0, 0.1) is 19.8 Å². The number of carbonyl (C=O) groups is 1. The molecule has 160 valence electrons. The molecule has 0 spiro atoms. The molecule has 0 atom stereocenters. The molecule has 0 unspecified atom stereocenters. The van der Waals surface area contributed by atoms with Crippen molar-refractivity contribution in [2.24, 2.45) is 5.92 Å². The number of anilines is 3. The van der Waals surface area contributed by atoms with Crippen LogP contribution in [-0.2, 0) is 4.79 Å². The second-order valence-electron chi connectivity index (χ2n) is 8.74. The van der Waals surface area contributed by atoms with Crippen molar-refractivity contribution in [3.8, 4) is 0 Å². The average molecular weight is 408 g/mol. The van der Waals surface area contributed by atoms with E-state index in [0.717, 1.165) is 61.7 Å². The van der Waals surface area contributed by atoms with Gasteiger partial charge >= 0.3 is 0 Å². The van der Waals surface area contributed by atoms with Crippen molar-refractivity contribution in [3.05, 3.63) is 41.6 Å². The van der Waals surface area contributed by atoms with Crippen LogP contribution < -0.4 is 10.2 Å². The standard InChI is InChI=1S/C24H33N5O/c1-18-7-10-21(11-8-18)26-22-17-19(2)25-24(27-22)29-15-13-28(14-16-29)23(30)12-9-20-5-3-4-6-20/h7-8,10-11,17,20H,3-6,9,12-16H2,1-2H3,(H,25,26,27). The molecule has 6 heteroatoms. The molecule has 1 saturated carbocycles. The van der Waals surface area contributed by atoms with Crippen molar-refractivity contribution in [1.82, 2.24) is 14.9 Å². The van der Waals surface area contributed by atoms with Crippen molar-refractivity contribution in [1.29, 1.82) is 0 Å². The molecular weight excluding hydrogens is 374 g/mol. The first kappa shape index (κ1) is 20.6. The van der Waals surface area contributed by atoms with Crippen molar-refractivity contribution in [2.75, 3.05) is 36.4 Å². The van der Waals surface area contributed by atoms with Crippen LogP contribution in [0.15, 0.2) is 30.3 Å². The molecule has 2 aliphatic rings. The van der Waals surface area contributed by atoms with Crippen LogP contribution in [0.25, 0.3) is 0 Å². The molecule has 4 rings (SSSR count). The van der Waals surface area contributed by atoms with Gasteiger partial charge in [0.1, 0.15) is 5.82 Å². The predicted molar refractivity (Wildman–Crippen MR) is 121 cm³/mol. The number of aromatic nitrogens is 2. The van der Waals surface area contributed by atoms with Gasteiger partial charge in [0.25, 0.3) is 0 Å². The molecule has 1 aliphatic heterocycles. The first-order valence-electron chi connectivity index (χ1n) is 11.3. The molecule has 2 fully saturated rings. The lowest BCUT2D eigenvalue weighted by atomic mass is 10.0. The predicted octanol–water partition coefficient (Wildman–Crippen LogP) is 4.46. The third-order valence-electron chi connectivity index (χ3n) is 6.32. The van der Waals surface area contributed by atoms with Crippen LogP contribution in [0.3, 0.4) is 0 Å². The first-order chi connectivity index (χ1) is 14.6. The minimum Gasteiger partial charge on any atom is -0.340 e. The fourth-order valence-electron chi connectivity index (χ4n) is 4.48. The number of rotatable bonds is 6. The van der Waals surface area contributed by atoms with Crippen molar-refractivity contribution < 1.29 is 4.79 Å². The smallest absolute Gasteiger partial charge is 0.227 e. The Kier molecular flexibility index (Phi) is 6.50. The number of nitrogens with one attached hydrogen (secondary N) is 1. The van der Waals surface area contributed by atoms with Gasteiger partial charge in [-0.1, -0.05) is 43.4 Å². The number of piperazine rings is 1. The van der Waals surface area contributed by atoms with Gasteiger partial charge in [-0.05, 0) is 38.3 Å². The van der Waals surface area contributed by atoms with E-state index < -0.39 is 0 Å². The van der Waals surface area contributed by atoms with Gasteiger partial charge in [0.05, 0.1) is 0 Å². The van der Waals surface area contributed by atoms with E-state index in [9.17, 15) is 4.79 Å². The molecule has 1 aromatic heterocycles. The van der Waals surface area contributed by atoms with Gasteiger partial charge in [0.2, 0.25) is 11.9 Å². The highest BCUT2D eigenvalue weighted by molar-refractivity contribution is 5.76. The van der Waals surface area contributed by atoms with E-state index in [0.29, 0.717) is 12.3 Å². The first-order valence-corrected chi connectivity index (χ1v) is 11.3. The Hall–Kier alpha value is -2.63. The fraction of sp³-hybridized carbons (Fsp3) is 0.542. The summed E-state index contributed by atoms with van der Waals surface area (Å²) in [7, 11) is 0. The molecular formula is C24H33N5O. The number of carbonyl (C=O) groups excluding carboxylic acids is 1. The summed E-state index contributed by atoms with van der Waals surface area (Å²) < 4.78 is 0. The van der Waals surface area contributed by atoms with Crippen LogP contribution in [-0.4, -0.2) is 47.0 Å². The average Bonchev–Trinajstić information content (AvgIpc) is 3.27. The molecule has 2 aromatic rings. The Morgan fingerprint density at radius 2 is 1.73 bits per heavy atom. The number of amides is 1. The molecule has 2 heterocycles. The second kappa shape index (κ2) is 9.45. The van der Waals surface area contributed by atoms with E-state index in [4.69, 9.17) is 4.98 Å². The monoisotopic (exact) mass is 407 g/mol. The van der Waals surface area contributed by atoms with Gasteiger partial charge in [-0.3, -0.25) is 4.79 Å².